The molecule has 9 heteroatoms. The zero-order valence-corrected chi connectivity index (χ0v) is 23.2. The van der Waals surface area contributed by atoms with E-state index in [9.17, 15) is 18.0 Å². The predicted molar refractivity (Wildman–Crippen MR) is 144 cm³/mol. The van der Waals surface area contributed by atoms with Crippen LogP contribution < -0.4 is 14.4 Å². The average Bonchev–Trinajstić information content (AvgIpc) is 2.79. The van der Waals surface area contributed by atoms with Gasteiger partial charge in [0.05, 0.1) is 19.1 Å². The van der Waals surface area contributed by atoms with Crippen LogP contribution in [0.15, 0.2) is 48.5 Å². The number of ether oxygens (including phenoxy) is 1. The molecule has 0 aliphatic carbocycles. The summed E-state index contributed by atoms with van der Waals surface area (Å²) in [5.41, 5.74) is 2.00. The van der Waals surface area contributed by atoms with Gasteiger partial charge in [0.15, 0.2) is 0 Å². The molecule has 1 atom stereocenters. The lowest BCUT2D eigenvalue weighted by molar-refractivity contribution is -0.141. The first-order valence-corrected chi connectivity index (χ1v) is 13.8. The Morgan fingerprint density at radius 3 is 2.11 bits per heavy atom. The maximum absolute atomic E-state index is 13.3. The van der Waals surface area contributed by atoms with E-state index < -0.39 is 21.6 Å². The molecule has 2 amide bonds. The second-order valence-corrected chi connectivity index (χ2v) is 12.0. The van der Waals surface area contributed by atoms with Crippen molar-refractivity contribution in [1.29, 1.82) is 0 Å². The van der Waals surface area contributed by atoms with Crippen LogP contribution in [-0.4, -0.2) is 56.6 Å². The molecule has 0 saturated heterocycles. The predicted octanol–water partition coefficient (Wildman–Crippen LogP) is 3.88. The van der Waals surface area contributed by atoms with Gasteiger partial charge in [-0.25, -0.2) is 8.42 Å². The molecule has 0 radical (unpaired) electrons. The summed E-state index contributed by atoms with van der Waals surface area (Å²) in [6.45, 7) is 9.70. The minimum atomic E-state index is -3.52. The van der Waals surface area contributed by atoms with Gasteiger partial charge in [-0.2, -0.15) is 0 Å². The zero-order chi connectivity index (χ0) is 27.1. The summed E-state index contributed by atoms with van der Waals surface area (Å²) in [5, 5.41) is 2.94. The van der Waals surface area contributed by atoms with Gasteiger partial charge in [-0.1, -0.05) is 29.8 Å². The number of carbonyl (C=O) groups excluding carboxylic acids is 2. The van der Waals surface area contributed by atoms with Gasteiger partial charge in [0.1, 0.15) is 11.8 Å². The molecule has 2 aromatic rings. The van der Waals surface area contributed by atoms with Gasteiger partial charge in [-0.05, 0) is 70.9 Å². The van der Waals surface area contributed by atoms with Crippen LogP contribution >= 0.6 is 0 Å². The van der Waals surface area contributed by atoms with Crippen molar-refractivity contribution in [2.24, 2.45) is 0 Å². The van der Waals surface area contributed by atoms with E-state index in [4.69, 9.17) is 4.74 Å². The fourth-order valence-corrected chi connectivity index (χ4v) is 4.66. The molecular weight excluding hydrogens is 478 g/mol. The van der Waals surface area contributed by atoms with Crippen LogP contribution in [0.5, 0.6) is 5.75 Å². The summed E-state index contributed by atoms with van der Waals surface area (Å²) in [4.78, 5) is 27.8. The number of methoxy groups -OCH3 is 1. The topological polar surface area (TPSA) is 96.0 Å². The number of nitrogens with zero attached hydrogens (tertiary/aromatic N) is 2. The Labute approximate surface area is 215 Å². The highest BCUT2D eigenvalue weighted by Gasteiger charge is 2.28. The van der Waals surface area contributed by atoms with E-state index in [0.717, 1.165) is 17.4 Å². The van der Waals surface area contributed by atoms with E-state index in [2.05, 4.69) is 5.32 Å². The van der Waals surface area contributed by atoms with Gasteiger partial charge in [0, 0.05) is 25.0 Å². The molecule has 0 aliphatic heterocycles. The lowest BCUT2D eigenvalue weighted by Gasteiger charge is -2.32. The molecule has 198 valence electrons. The van der Waals surface area contributed by atoms with Crippen molar-refractivity contribution in [3.63, 3.8) is 0 Å². The van der Waals surface area contributed by atoms with E-state index in [0.29, 0.717) is 17.9 Å². The third kappa shape index (κ3) is 8.86. The van der Waals surface area contributed by atoms with Crippen LogP contribution in [0.3, 0.4) is 0 Å². The van der Waals surface area contributed by atoms with E-state index >= 15 is 0 Å². The smallest absolute Gasteiger partial charge is 0.242 e. The Balaban J connectivity index is 2.18. The van der Waals surface area contributed by atoms with Crippen molar-refractivity contribution in [2.45, 2.75) is 65.6 Å². The lowest BCUT2D eigenvalue weighted by atomic mass is 10.1. The van der Waals surface area contributed by atoms with Gasteiger partial charge < -0.3 is 15.0 Å². The molecule has 1 N–H and O–H groups in total. The first-order chi connectivity index (χ1) is 16.7. The highest BCUT2D eigenvalue weighted by Crippen LogP contribution is 2.20. The molecule has 0 aromatic heterocycles. The quantitative estimate of drug-likeness (QED) is 0.488. The standard InChI is InChI=1S/C27H39N3O5S/c1-20-10-14-23(15-11-20)30(36(7,33)34)18-8-9-25(31)29(21(2)26(32)28-27(3,4)5)19-22-12-16-24(35-6)17-13-22/h10-17,21H,8-9,18-19H2,1-7H3,(H,28,32)/t21-/m1/s1. The summed E-state index contributed by atoms with van der Waals surface area (Å²) >= 11 is 0. The molecular formula is C27H39N3O5S. The van der Waals surface area contributed by atoms with E-state index in [1.807, 2.05) is 64.1 Å². The Bertz CT molecular complexity index is 1120. The Hall–Kier alpha value is -3.07. The van der Waals surface area contributed by atoms with Gasteiger partial charge in [0.2, 0.25) is 21.8 Å². The molecule has 0 unspecified atom stereocenters. The van der Waals surface area contributed by atoms with Crippen molar-refractivity contribution in [1.82, 2.24) is 10.2 Å². The summed E-state index contributed by atoms with van der Waals surface area (Å²) in [7, 11) is -1.94. The summed E-state index contributed by atoms with van der Waals surface area (Å²) < 4.78 is 31.4. The van der Waals surface area contributed by atoms with Crippen LogP contribution in [0, 0.1) is 6.92 Å². The Morgan fingerprint density at radius 2 is 1.61 bits per heavy atom. The summed E-state index contributed by atoms with van der Waals surface area (Å²) in [6, 6.07) is 13.8. The molecule has 2 rings (SSSR count). The minimum Gasteiger partial charge on any atom is -0.497 e. The number of carbonyl (C=O) groups is 2. The summed E-state index contributed by atoms with van der Waals surface area (Å²) in [5.74, 6) is 0.230. The van der Waals surface area contributed by atoms with Crippen LogP contribution in [0.25, 0.3) is 0 Å². The molecule has 0 spiro atoms. The number of aryl methyl sites for hydroxylation is 1. The molecule has 36 heavy (non-hydrogen) atoms. The monoisotopic (exact) mass is 517 g/mol. The normalized spacial score (nSPS) is 12.5. The highest BCUT2D eigenvalue weighted by molar-refractivity contribution is 7.92. The first-order valence-electron chi connectivity index (χ1n) is 12.0. The molecule has 0 saturated carbocycles. The SMILES string of the molecule is COc1ccc(CN(C(=O)CCCN(c2ccc(C)cc2)S(C)(=O)=O)[C@H](C)C(=O)NC(C)(C)C)cc1. The van der Waals surface area contributed by atoms with Gasteiger partial charge in [-0.3, -0.25) is 13.9 Å². The zero-order valence-electron chi connectivity index (χ0n) is 22.4. The maximum atomic E-state index is 13.3. The number of amides is 2. The molecule has 2 aromatic carbocycles. The van der Waals surface area contributed by atoms with Crippen LogP contribution in [0.2, 0.25) is 0 Å². The number of sulfonamides is 1. The third-order valence-electron chi connectivity index (χ3n) is 5.65. The first kappa shape index (κ1) is 29.2. The fourth-order valence-electron chi connectivity index (χ4n) is 3.70. The fraction of sp³-hybridized carbons (Fsp3) is 0.481. The number of rotatable bonds is 11. The van der Waals surface area contributed by atoms with E-state index in [1.165, 1.54) is 4.31 Å². The van der Waals surface area contributed by atoms with Crippen molar-refractivity contribution in [2.75, 3.05) is 24.2 Å². The van der Waals surface area contributed by atoms with Crippen LogP contribution in [-0.2, 0) is 26.2 Å². The van der Waals surface area contributed by atoms with Crippen molar-refractivity contribution in [3.05, 3.63) is 59.7 Å². The minimum absolute atomic E-state index is 0.0984. The van der Waals surface area contributed by atoms with Gasteiger partial charge in [-0.15, -0.1) is 0 Å². The van der Waals surface area contributed by atoms with Crippen molar-refractivity contribution in [3.8, 4) is 5.75 Å². The van der Waals surface area contributed by atoms with E-state index in [1.54, 1.807) is 31.1 Å². The number of hydrogen-bond donors (Lipinski definition) is 1. The van der Waals surface area contributed by atoms with Gasteiger partial charge >= 0.3 is 0 Å². The van der Waals surface area contributed by atoms with Crippen molar-refractivity contribution < 1.29 is 22.7 Å². The van der Waals surface area contributed by atoms with Gasteiger partial charge in [0.25, 0.3) is 0 Å². The lowest BCUT2D eigenvalue weighted by Crippen LogP contribution is -2.52. The average molecular weight is 518 g/mol. The molecule has 0 bridgehead atoms. The van der Waals surface area contributed by atoms with Crippen LogP contribution in [0.1, 0.15) is 51.7 Å². The Kier molecular flexibility index (Phi) is 9.93. The molecule has 0 fully saturated rings. The summed E-state index contributed by atoms with van der Waals surface area (Å²) in [6.07, 6.45) is 1.57. The number of nitrogens with one attached hydrogen (secondary N) is 1. The number of anilines is 1. The largest absolute Gasteiger partial charge is 0.497 e. The second kappa shape index (κ2) is 12.3. The van der Waals surface area contributed by atoms with Crippen molar-refractivity contribution >= 4 is 27.5 Å². The maximum Gasteiger partial charge on any atom is 0.242 e. The molecule has 0 aliphatic rings. The molecule has 8 nitrogen and oxygen atoms in total. The Morgan fingerprint density at radius 1 is 1.03 bits per heavy atom. The highest BCUT2D eigenvalue weighted by atomic mass is 32.2. The number of benzene rings is 2. The second-order valence-electron chi connectivity index (χ2n) is 10.1. The van der Waals surface area contributed by atoms with Crippen LogP contribution in [0.4, 0.5) is 5.69 Å². The number of hydrogen-bond acceptors (Lipinski definition) is 5. The van der Waals surface area contributed by atoms with E-state index in [-0.39, 0.29) is 31.3 Å². The molecule has 0 heterocycles. The third-order valence-corrected chi connectivity index (χ3v) is 6.85.